The quantitative estimate of drug-likeness (QED) is 0.349. The molecular formula is C25H18O3P2S2. The van der Waals surface area contributed by atoms with Gasteiger partial charge in [0.1, 0.15) is 11.5 Å². The van der Waals surface area contributed by atoms with Crippen LogP contribution in [0.15, 0.2) is 102 Å². The van der Waals surface area contributed by atoms with E-state index < -0.39 is 13.0 Å². The van der Waals surface area contributed by atoms with Gasteiger partial charge in [-0.15, -0.1) is 0 Å². The second kappa shape index (κ2) is 7.66. The minimum Gasteiger partial charge on any atom is -0.439 e. The molecule has 0 N–H and O–H groups in total. The van der Waals surface area contributed by atoms with Gasteiger partial charge in [-0.1, -0.05) is 72.8 Å². The van der Waals surface area contributed by atoms with Crippen molar-refractivity contribution in [3.05, 3.63) is 108 Å². The van der Waals surface area contributed by atoms with Gasteiger partial charge in [-0.2, -0.15) is 0 Å². The molecule has 0 bridgehead atoms. The standard InChI is InChI=1S/C25H18O3P2S2/c31-29(24-16-3-1-2-12-20(24)18-10-4-7-14-22(18)26-29)28-30(32)25-17-9-6-13-21(25)19-11-5-8-15-23(19)27-30/h1,3-17H,2H2. The lowest BCUT2D eigenvalue weighted by Gasteiger charge is -2.38. The smallest absolute Gasteiger partial charge is 0.276 e. The van der Waals surface area contributed by atoms with Gasteiger partial charge in [0, 0.05) is 11.1 Å². The van der Waals surface area contributed by atoms with E-state index in [9.17, 15) is 0 Å². The van der Waals surface area contributed by atoms with E-state index in [1.54, 1.807) is 0 Å². The van der Waals surface area contributed by atoms with Crippen LogP contribution in [-0.2, 0) is 27.9 Å². The summed E-state index contributed by atoms with van der Waals surface area (Å²) < 4.78 is 19.6. The zero-order valence-electron chi connectivity index (χ0n) is 16.9. The number of allylic oxidation sites excluding steroid dienone is 6. The molecule has 0 fully saturated rings. The average Bonchev–Trinajstić information content (AvgIpc) is 3.07. The van der Waals surface area contributed by atoms with Crippen molar-refractivity contribution >= 4 is 47.5 Å². The van der Waals surface area contributed by atoms with Gasteiger partial charge in [0.2, 0.25) is 0 Å². The molecule has 0 amide bonds. The van der Waals surface area contributed by atoms with Crippen LogP contribution in [0.1, 0.15) is 12.0 Å². The van der Waals surface area contributed by atoms with Crippen molar-refractivity contribution < 1.29 is 13.4 Å². The Kier molecular flexibility index (Phi) is 4.87. The topological polar surface area (TPSA) is 27.7 Å². The number of hydrogen-bond acceptors (Lipinski definition) is 5. The summed E-state index contributed by atoms with van der Waals surface area (Å²) in [6.45, 7) is -6.01. The molecule has 3 aromatic rings. The first-order valence-electron chi connectivity index (χ1n) is 10.2. The molecule has 0 spiro atoms. The van der Waals surface area contributed by atoms with Crippen LogP contribution in [-0.4, -0.2) is 0 Å². The summed E-state index contributed by atoms with van der Waals surface area (Å²) >= 11 is 12.3. The lowest BCUT2D eigenvalue weighted by molar-refractivity contribution is 0.469. The average molecular weight is 492 g/mol. The van der Waals surface area contributed by atoms with Crippen LogP contribution in [0.25, 0.3) is 16.7 Å². The summed E-state index contributed by atoms with van der Waals surface area (Å²) in [6.07, 6.45) is 9.13. The summed E-state index contributed by atoms with van der Waals surface area (Å²) in [6, 6.07) is 23.9. The zero-order valence-corrected chi connectivity index (χ0v) is 20.3. The molecule has 3 aliphatic rings. The maximum atomic E-state index is 6.74. The number of hydrogen-bond donors (Lipinski definition) is 0. The highest BCUT2D eigenvalue weighted by molar-refractivity contribution is 8.20. The van der Waals surface area contributed by atoms with E-state index in [4.69, 9.17) is 37.0 Å². The number of rotatable bonds is 2. The van der Waals surface area contributed by atoms with Crippen molar-refractivity contribution in [3.8, 4) is 22.6 Å². The van der Waals surface area contributed by atoms with E-state index in [1.807, 2.05) is 72.8 Å². The lowest BCUT2D eigenvalue weighted by Crippen LogP contribution is -2.20. The molecule has 3 nitrogen and oxygen atoms in total. The first kappa shape index (κ1) is 20.4. The highest BCUT2D eigenvalue weighted by Crippen LogP contribution is 2.73. The molecule has 2 atom stereocenters. The Balaban J connectivity index is 1.51. The molecule has 1 aliphatic carbocycles. The maximum absolute atomic E-state index is 6.74. The molecule has 3 aromatic carbocycles. The molecule has 6 rings (SSSR count). The monoisotopic (exact) mass is 492 g/mol. The number of para-hydroxylation sites is 2. The zero-order chi connectivity index (χ0) is 21.8. The third-order valence-electron chi connectivity index (χ3n) is 5.62. The van der Waals surface area contributed by atoms with Gasteiger partial charge in [0.05, 0.1) is 10.6 Å². The van der Waals surface area contributed by atoms with E-state index >= 15 is 0 Å². The Morgan fingerprint density at radius 2 is 1.34 bits per heavy atom. The molecule has 2 aliphatic heterocycles. The highest BCUT2D eigenvalue weighted by Gasteiger charge is 2.44. The fraction of sp³-hybridized carbons (Fsp3) is 0.0400. The van der Waals surface area contributed by atoms with Crippen LogP contribution >= 0.6 is 13.0 Å². The molecule has 0 aromatic heterocycles. The van der Waals surface area contributed by atoms with E-state index in [1.165, 1.54) is 0 Å². The normalized spacial score (nSPS) is 24.9. The minimum absolute atomic E-state index is 0.721. The summed E-state index contributed by atoms with van der Waals surface area (Å²) in [5, 5.41) is 1.75. The van der Waals surface area contributed by atoms with Gasteiger partial charge in [0.25, 0.3) is 13.0 Å². The molecule has 0 saturated heterocycles. The maximum Gasteiger partial charge on any atom is 0.276 e. The second-order valence-corrected chi connectivity index (χ2v) is 14.5. The van der Waals surface area contributed by atoms with Gasteiger partial charge in [0.15, 0.2) is 0 Å². The molecule has 0 saturated carbocycles. The Morgan fingerprint density at radius 1 is 0.719 bits per heavy atom. The third-order valence-corrected chi connectivity index (χ3v) is 13.0. The molecule has 32 heavy (non-hydrogen) atoms. The Labute approximate surface area is 197 Å². The predicted octanol–water partition coefficient (Wildman–Crippen LogP) is 7.33. The van der Waals surface area contributed by atoms with E-state index in [-0.39, 0.29) is 0 Å². The van der Waals surface area contributed by atoms with Crippen LogP contribution in [0.2, 0.25) is 0 Å². The van der Waals surface area contributed by atoms with Crippen LogP contribution in [0.4, 0.5) is 0 Å². The number of benzene rings is 3. The second-order valence-electron chi connectivity index (χ2n) is 7.60. The number of fused-ring (bicyclic) bond motifs is 6. The van der Waals surface area contributed by atoms with Crippen LogP contribution in [0.3, 0.4) is 0 Å². The van der Waals surface area contributed by atoms with Gasteiger partial charge >= 0.3 is 0 Å². The summed E-state index contributed by atoms with van der Waals surface area (Å²) in [4.78, 5) is 0. The van der Waals surface area contributed by atoms with Gasteiger partial charge < -0.3 is 9.05 Å². The molecular weight excluding hydrogens is 474 g/mol. The third kappa shape index (κ3) is 3.20. The van der Waals surface area contributed by atoms with Gasteiger partial charge in [-0.05, 0) is 65.4 Å². The van der Waals surface area contributed by atoms with E-state index in [2.05, 4.69) is 24.3 Å². The summed E-state index contributed by atoms with van der Waals surface area (Å²) in [5.41, 5.74) is 4.13. The Morgan fingerprint density at radius 3 is 2.16 bits per heavy atom. The lowest BCUT2D eigenvalue weighted by atomic mass is 10.0. The summed E-state index contributed by atoms with van der Waals surface area (Å²) in [5.74, 6) is 1.45. The van der Waals surface area contributed by atoms with Crippen LogP contribution in [0.5, 0.6) is 11.5 Å². The highest BCUT2D eigenvalue weighted by atomic mass is 32.5. The SMILES string of the molecule is S=P1(OP2(=S)Oc3ccccc3-c3ccccc32)Oc2ccccc2C2=CCC=CC=C21. The van der Waals surface area contributed by atoms with E-state index in [0.717, 1.165) is 50.8 Å². The van der Waals surface area contributed by atoms with Crippen molar-refractivity contribution in [2.75, 3.05) is 0 Å². The van der Waals surface area contributed by atoms with Crippen molar-refractivity contribution in [3.63, 3.8) is 0 Å². The Hall–Kier alpha value is -2.26. The fourth-order valence-electron chi connectivity index (χ4n) is 4.20. The van der Waals surface area contributed by atoms with Crippen molar-refractivity contribution in [2.45, 2.75) is 6.42 Å². The molecule has 7 heteroatoms. The van der Waals surface area contributed by atoms with Crippen molar-refractivity contribution in [1.82, 2.24) is 0 Å². The molecule has 2 unspecified atom stereocenters. The van der Waals surface area contributed by atoms with Crippen molar-refractivity contribution in [2.24, 2.45) is 0 Å². The molecule has 0 radical (unpaired) electrons. The minimum atomic E-state index is -3.01. The predicted molar refractivity (Wildman–Crippen MR) is 139 cm³/mol. The van der Waals surface area contributed by atoms with E-state index in [0.29, 0.717) is 0 Å². The van der Waals surface area contributed by atoms with Gasteiger partial charge in [-0.3, -0.25) is 0 Å². The first-order chi connectivity index (χ1) is 15.6. The van der Waals surface area contributed by atoms with Crippen LogP contribution in [0, 0.1) is 0 Å². The van der Waals surface area contributed by atoms with Crippen molar-refractivity contribution in [1.29, 1.82) is 0 Å². The first-order valence-corrected chi connectivity index (χ1v) is 15.5. The summed E-state index contributed by atoms with van der Waals surface area (Å²) in [7, 11) is 0. The largest absolute Gasteiger partial charge is 0.439 e. The van der Waals surface area contributed by atoms with Crippen LogP contribution < -0.4 is 14.4 Å². The molecule has 2 heterocycles. The fourth-order valence-corrected chi connectivity index (χ4v) is 12.4. The molecule has 158 valence electrons. The Bertz CT molecular complexity index is 1450. The van der Waals surface area contributed by atoms with Gasteiger partial charge in [-0.25, -0.2) is 4.31 Å².